The minimum Gasteiger partial charge on any atom is -0.365 e. The van der Waals surface area contributed by atoms with E-state index in [0.717, 1.165) is 29.7 Å². The lowest BCUT2D eigenvalue weighted by Gasteiger charge is -2.18. The van der Waals surface area contributed by atoms with Crippen LogP contribution >= 0.6 is 0 Å². The average molecular weight is 378 g/mol. The Hall–Kier alpha value is -3.22. The molecule has 0 spiro atoms. The van der Waals surface area contributed by atoms with Crippen LogP contribution in [0.1, 0.15) is 40.5 Å². The quantitative estimate of drug-likeness (QED) is 0.438. The SMILES string of the molecule is C=N/C(NC1(C)CC1)=C(\C)C(C(=O)Nc1cnn(-c2cccnc2)c1)=C(C)C. The summed E-state index contributed by atoms with van der Waals surface area (Å²) in [6.45, 7) is 11.5. The molecule has 0 aromatic carbocycles. The van der Waals surface area contributed by atoms with Gasteiger partial charge in [0, 0.05) is 22.9 Å². The summed E-state index contributed by atoms with van der Waals surface area (Å²) >= 11 is 0. The molecule has 28 heavy (non-hydrogen) atoms. The molecule has 2 heterocycles. The molecular formula is C21H26N6O. The molecular weight excluding hydrogens is 352 g/mol. The predicted octanol–water partition coefficient (Wildman–Crippen LogP) is 3.62. The van der Waals surface area contributed by atoms with E-state index in [2.05, 4.69) is 39.3 Å². The molecule has 1 amide bonds. The first kappa shape index (κ1) is 19.5. The lowest BCUT2D eigenvalue weighted by atomic mass is 10.0. The van der Waals surface area contributed by atoms with Gasteiger partial charge in [-0.05, 0) is 59.4 Å². The van der Waals surface area contributed by atoms with E-state index >= 15 is 0 Å². The second-order valence-electron chi connectivity index (χ2n) is 7.53. The van der Waals surface area contributed by atoms with Gasteiger partial charge in [0.05, 0.1) is 30.0 Å². The summed E-state index contributed by atoms with van der Waals surface area (Å²) in [5.41, 5.74) is 3.75. The number of carbonyl (C=O) groups is 1. The fourth-order valence-electron chi connectivity index (χ4n) is 2.95. The highest BCUT2D eigenvalue weighted by atomic mass is 16.1. The minimum absolute atomic E-state index is 0.0475. The van der Waals surface area contributed by atoms with Crippen LogP contribution in [0.4, 0.5) is 5.69 Å². The normalized spacial score (nSPS) is 15.3. The maximum Gasteiger partial charge on any atom is 0.256 e. The Morgan fingerprint density at radius 2 is 2.04 bits per heavy atom. The molecule has 1 saturated carbocycles. The van der Waals surface area contributed by atoms with Crippen molar-refractivity contribution in [3.05, 3.63) is 59.5 Å². The maximum absolute atomic E-state index is 13.0. The van der Waals surface area contributed by atoms with Crippen LogP contribution in [-0.2, 0) is 4.79 Å². The Bertz CT molecular complexity index is 946. The van der Waals surface area contributed by atoms with Crippen LogP contribution in [0.3, 0.4) is 0 Å². The van der Waals surface area contributed by atoms with E-state index in [4.69, 9.17) is 0 Å². The highest BCUT2D eigenvalue weighted by Gasteiger charge is 2.38. The Kier molecular flexibility index (Phi) is 5.44. The number of hydrogen-bond acceptors (Lipinski definition) is 5. The number of hydrogen-bond donors (Lipinski definition) is 2. The molecule has 0 bridgehead atoms. The number of nitrogens with zero attached hydrogens (tertiary/aromatic N) is 4. The van der Waals surface area contributed by atoms with Gasteiger partial charge in [0.25, 0.3) is 5.91 Å². The number of amides is 1. The van der Waals surface area contributed by atoms with Crippen LogP contribution in [0.25, 0.3) is 5.69 Å². The van der Waals surface area contributed by atoms with Gasteiger partial charge in [-0.25, -0.2) is 9.67 Å². The maximum atomic E-state index is 13.0. The third-order valence-corrected chi connectivity index (χ3v) is 4.79. The van der Waals surface area contributed by atoms with Crippen LogP contribution in [0, 0.1) is 0 Å². The van der Waals surface area contributed by atoms with E-state index in [1.54, 1.807) is 29.5 Å². The molecule has 7 nitrogen and oxygen atoms in total. The molecule has 0 saturated heterocycles. The third kappa shape index (κ3) is 4.36. The van der Waals surface area contributed by atoms with Crippen molar-refractivity contribution in [2.24, 2.45) is 4.99 Å². The molecule has 146 valence electrons. The zero-order valence-electron chi connectivity index (χ0n) is 16.8. The molecule has 0 unspecified atom stereocenters. The molecule has 2 aromatic rings. The molecule has 0 aliphatic heterocycles. The van der Waals surface area contributed by atoms with Gasteiger partial charge in [0.15, 0.2) is 0 Å². The van der Waals surface area contributed by atoms with Crippen molar-refractivity contribution in [3.8, 4) is 5.69 Å². The predicted molar refractivity (Wildman–Crippen MR) is 111 cm³/mol. The van der Waals surface area contributed by atoms with Gasteiger partial charge in [-0.3, -0.25) is 9.78 Å². The largest absolute Gasteiger partial charge is 0.365 e. The van der Waals surface area contributed by atoms with E-state index in [-0.39, 0.29) is 11.4 Å². The van der Waals surface area contributed by atoms with Gasteiger partial charge < -0.3 is 10.6 Å². The molecule has 7 heteroatoms. The lowest BCUT2D eigenvalue weighted by Crippen LogP contribution is -2.28. The standard InChI is InChI=1S/C21H26N6O/c1-14(2)18(15(3)19(22-5)26-21(4)8-9-21)20(28)25-16-11-24-27(13-16)17-7-6-10-23-12-17/h6-7,10-13,26H,5,8-9H2,1-4H3,(H,25,28)/b19-15-. The lowest BCUT2D eigenvalue weighted by molar-refractivity contribution is -0.112. The Balaban J connectivity index is 1.82. The van der Waals surface area contributed by atoms with Crippen molar-refractivity contribution in [1.29, 1.82) is 0 Å². The van der Waals surface area contributed by atoms with Gasteiger partial charge >= 0.3 is 0 Å². The molecule has 0 radical (unpaired) electrons. The van der Waals surface area contributed by atoms with Gasteiger partial charge in [-0.15, -0.1) is 0 Å². The highest BCUT2D eigenvalue weighted by molar-refractivity contribution is 6.07. The van der Waals surface area contributed by atoms with Crippen molar-refractivity contribution in [1.82, 2.24) is 20.1 Å². The van der Waals surface area contributed by atoms with Crippen LogP contribution in [0.5, 0.6) is 0 Å². The van der Waals surface area contributed by atoms with Crippen molar-refractivity contribution in [2.45, 2.75) is 46.1 Å². The van der Waals surface area contributed by atoms with Crippen LogP contribution in [-0.4, -0.2) is 32.9 Å². The number of pyridine rings is 1. The van der Waals surface area contributed by atoms with Crippen LogP contribution < -0.4 is 10.6 Å². The Morgan fingerprint density at radius 1 is 1.29 bits per heavy atom. The van der Waals surface area contributed by atoms with Gasteiger partial charge in [0.1, 0.15) is 5.82 Å². The second kappa shape index (κ2) is 7.80. The Morgan fingerprint density at radius 3 is 2.61 bits per heavy atom. The topological polar surface area (TPSA) is 84.2 Å². The first-order chi connectivity index (χ1) is 13.3. The van der Waals surface area contributed by atoms with Crippen LogP contribution in [0.15, 0.2) is 64.5 Å². The average Bonchev–Trinajstić information content (AvgIpc) is 3.21. The summed E-state index contributed by atoms with van der Waals surface area (Å²) in [4.78, 5) is 21.2. The highest BCUT2D eigenvalue weighted by Crippen LogP contribution is 2.36. The number of nitrogens with one attached hydrogen (secondary N) is 2. The van der Waals surface area contributed by atoms with Crippen molar-refractivity contribution in [3.63, 3.8) is 0 Å². The van der Waals surface area contributed by atoms with Crippen LogP contribution in [0.2, 0.25) is 0 Å². The molecule has 3 rings (SSSR count). The number of allylic oxidation sites excluding steroid dienone is 1. The van der Waals surface area contributed by atoms with Gasteiger partial charge in [-0.1, -0.05) is 5.57 Å². The van der Waals surface area contributed by atoms with Gasteiger partial charge in [-0.2, -0.15) is 5.10 Å². The molecule has 2 N–H and O–H groups in total. The van der Waals surface area contributed by atoms with Crippen molar-refractivity contribution < 1.29 is 4.79 Å². The summed E-state index contributed by atoms with van der Waals surface area (Å²) in [6, 6.07) is 3.73. The first-order valence-electron chi connectivity index (χ1n) is 9.23. The third-order valence-electron chi connectivity index (χ3n) is 4.79. The zero-order valence-corrected chi connectivity index (χ0v) is 16.8. The summed E-state index contributed by atoms with van der Waals surface area (Å²) in [6.07, 6.45) is 8.95. The molecule has 0 atom stereocenters. The zero-order chi connectivity index (χ0) is 20.3. The number of rotatable bonds is 7. The Labute approximate surface area is 165 Å². The first-order valence-corrected chi connectivity index (χ1v) is 9.23. The monoisotopic (exact) mass is 378 g/mol. The van der Waals surface area contributed by atoms with E-state index in [9.17, 15) is 4.79 Å². The van der Waals surface area contributed by atoms with Crippen molar-refractivity contribution in [2.75, 3.05) is 5.32 Å². The molecule has 2 aromatic heterocycles. The van der Waals surface area contributed by atoms with E-state index in [0.29, 0.717) is 17.1 Å². The fraction of sp³-hybridized carbons (Fsp3) is 0.333. The fourth-order valence-corrected chi connectivity index (χ4v) is 2.95. The number of anilines is 1. The number of aromatic nitrogens is 3. The van der Waals surface area contributed by atoms with E-state index < -0.39 is 0 Å². The summed E-state index contributed by atoms with van der Waals surface area (Å²) in [5, 5.41) is 10.6. The smallest absolute Gasteiger partial charge is 0.256 e. The molecule has 1 aliphatic carbocycles. The van der Waals surface area contributed by atoms with Crippen molar-refractivity contribution >= 4 is 18.3 Å². The summed E-state index contributed by atoms with van der Waals surface area (Å²) in [7, 11) is 0. The summed E-state index contributed by atoms with van der Waals surface area (Å²) < 4.78 is 1.67. The van der Waals surface area contributed by atoms with E-state index in [1.807, 2.05) is 32.9 Å². The summed E-state index contributed by atoms with van der Waals surface area (Å²) in [5.74, 6) is 0.449. The number of carbonyl (C=O) groups excluding carboxylic acids is 1. The number of aliphatic imine (C=N–C) groups is 1. The van der Waals surface area contributed by atoms with Gasteiger partial charge in [0.2, 0.25) is 0 Å². The minimum atomic E-state index is -0.202. The molecule has 1 fully saturated rings. The molecule has 1 aliphatic rings. The van der Waals surface area contributed by atoms with E-state index in [1.165, 1.54) is 0 Å². The second-order valence-corrected chi connectivity index (χ2v) is 7.53.